The van der Waals surface area contributed by atoms with Crippen LogP contribution in [0.2, 0.25) is 0 Å². The number of pyridine rings is 1. The highest BCUT2D eigenvalue weighted by molar-refractivity contribution is 5.97. The summed E-state index contributed by atoms with van der Waals surface area (Å²) in [5.41, 5.74) is 1.20. The highest BCUT2D eigenvalue weighted by Gasteiger charge is 2.18. The molecule has 106 valence electrons. The summed E-state index contributed by atoms with van der Waals surface area (Å²) in [6, 6.07) is 15.7. The molecular weight excluding hydrogens is 280 g/mol. The van der Waals surface area contributed by atoms with Gasteiger partial charge in [0, 0.05) is 11.9 Å². The number of nitrogens with one attached hydrogen (secondary N) is 1. The van der Waals surface area contributed by atoms with Gasteiger partial charge in [-0.05, 0) is 29.7 Å². The maximum atomic E-state index is 11.4. The van der Waals surface area contributed by atoms with E-state index in [0.717, 1.165) is 5.39 Å². The van der Waals surface area contributed by atoms with Crippen molar-refractivity contribution in [2.45, 2.75) is 0 Å². The van der Waals surface area contributed by atoms with E-state index in [9.17, 15) is 10.1 Å². The summed E-state index contributed by atoms with van der Waals surface area (Å²) in [7, 11) is 0. The second-order valence-corrected chi connectivity index (χ2v) is 4.61. The quantitative estimate of drug-likeness (QED) is 0.585. The van der Waals surface area contributed by atoms with Gasteiger partial charge in [-0.15, -0.1) is 0 Å². The predicted octanol–water partition coefficient (Wildman–Crippen LogP) is 3.76. The molecule has 6 heteroatoms. The molecule has 0 saturated heterocycles. The van der Waals surface area contributed by atoms with Crippen molar-refractivity contribution in [2.24, 2.45) is 0 Å². The maximum Gasteiger partial charge on any atom is 0.300 e. The Bertz CT molecular complexity index is 915. The van der Waals surface area contributed by atoms with Gasteiger partial charge in [-0.3, -0.25) is 10.1 Å². The zero-order valence-corrected chi connectivity index (χ0v) is 11.4. The third kappa shape index (κ3) is 2.43. The van der Waals surface area contributed by atoms with Crippen molar-refractivity contribution in [3.8, 4) is 6.07 Å². The second-order valence-electron chi connectivity index (χ2n) is 4.61. The van der Waals surface area contributed by atoms with E-state index in [0.29, 0.717) is 16.8 Å². The minimum atomic E-state index is -0.406. The highest BCUT2D eigenvalue weighted by atomic mass is 16.6. The maximum absolute atomic E-state index is 11.4. The fourth-order valence-electron chi connectivity index (χ4n) is 2.28. The third-order valence-corrected chi connectivity index (χ3v) is 3.24. The van der Waals surface area contributed by atoms with Crippen molar-refractivity contribution in [3.05, 3.63) is 70.5 Å². The minimum Gasteiger partial charge on any atom is -0.350 e. The Balaban J connectivity index is 2.12. The summed E-state index contributed by atoms with van der Waals surface area (Å²) in [5, 5.41) is 24.7. The molecule has 1 heterocycles. The lowest BCUT2D eigenvalue weighted by atomic mass is 10.1. The number of hydrogen-bond donors (Lipinski definition) is 1. The van der Waals surface area contributed by atoms with Crippen molar-refractivity contribution < 1.29 is 4.92 Å². The molecule has 0 radical (unpaired) electrons. The molecule has 0 atom stereocenters. The van der Waals surface area contributed by atoms with Gasteiger partial charge in [0.25, 0.3) is 5.69 Å². The Morgan fingerprint density at radius 2 is 2.00 bits per heavy atom. The molecule has 0 saturated carbocycles. The van der Waals surface area contributed by atoms with Crippen LogP contribution < -0.4 is 5.32 Å². The average molecular weight is 290 g/mol. The van der Waals surface area contributed by atoms with Gasteiger partial charge in [-0.25, -0.2) is 4.98 Å². The number of anilines is 2. The standard InChI is InChI=1S/C16H10N4O2/c17-10-13-9-12(7-8-18-13)19-15-6-5-11-3-1-2-4-14(11)16(15)20(21)22/h1-9H,(H,18,19). The first-order chi connectivity index (χ1) is 10.7. The Kier molecular flexibility index (Phi) is 3.38. The van der Waals surface area contributed by atoms with Crippen molar-refractivity contribution >= 4 is 27.8 Å². The van der Waals surface area contributed by atoms with Crippen LogP contribution in [0, 0.1) is 21.4 Å². The van der Waals surface area contributed by atoms with Crippen LogP contribution in [0.4, 0.5) is 17.1 Å². The van der Waals surface area contributed by atoms with Crippen LogP contribution in [0.3, 0.4) is 0 Å². The van der Waals surface area contributed by atoms with Gasteiger partial charge in [-0.2, -0.15) is 5.26 Å². The highest BCUT2D eigenvalue weighted by Crippen LogP contribution is 2.35. The van der Waals surface area contributed by atoms with Crippen molar-refractivity contribution in [3.63, 3.8) is 0 Å². The number of nitrogens with zero attached hydrogens (tertiary/aromatic N) is 3. The molecule has 2 aromatic carbocycles. The van der Waals surface area contributed by atoms with Crippen molar-refractivity contribution in [1.82, 2.24) is 4.98 Å². The summed E-state index contributed by atoms with van der Waals surface area (Å²) in [6.07, 6.45) is 1.48. The van der Waals surface area contributed by atoms with Crippen LogP contribution >= 0.6 is 0 Å². The molecule has 1 aromatic heterocycles. The number of nitro benzene ring substituents is 1. The molecule has 0 bridgehead atoms. The number of rotatable bonds is 3. The lowest BCUT2D eigenvalue weighted by Gasteiger charge is -2.09. The topological polar surface area (TPSA) is 91.8 Å². The van der Waals surface area contributed by atoms with Crippen LogP contribution in [0.25, 0.3) is 10.8 Å². The number of fused-ring (bicyclic) bond motifs is 1. The predicted molar refractivity (Wildman–Crippen MR) is 82.8 cm³/mol. The van der Waals surface area contributed by atoms with Crippen LogP contribution in [-0.4, -0.2) is 9.91 Å². The van der Waals surface area contributed by atoms with Gasteiger partial charge in [-0.1, -0.05) is 24.3 Å². The van der Waals surface area contributed by atoms with E-state index in [2.05, 4.69) is 10.3 Å². The lowest BCUT2D eigenvalue weighted by Crippen LogP contribution is -1.98. The summed E-state index contributed by atoms with van der Waals surface area (Å²) >= 11 is 0. The molecule has 22 heavy (non-hydrogen) atoms. The third-order valence-electron chi connectivity index (χ3n) is 3.24. The Labute approximate surface area is 125 Å². The van der Waals surface area contributed by atoms with E-state index < -0.39 is 4.92 Å². The first-order valence-electron chi connectivity index (χ1n) is 6.48. The van der Waals surface area contributed by atoms with Gasteiger partial charge >= 0.3 is 0 Å². The van der Waals surface area contributed by atoms with E-state index in [1.165, 1.54) is 6.20 Å². The summed E-state index contributed by atoms with van der Waals surface area (Å²) in [6.45, 7) is 0. The van der Waals surface area contributed by atoms with E-state index in [1.807, 2.05) is 24.3 Å². The fourth-order valence-corrected chi connectivity index (χ4v) is 2.28. The monoisotopic (exact) mass is 290 g/mol. The van der Waals surface area contributed by atoms with E-state index >= 15 is 0 Å². The molecule has 0 amide bonds. The van der Waals surface area contributed by atoms with Gasteiger partial charge in [0.05, 0.1) is 10.3 Å². The van der Waals surface area contributed by atoms with Crippen molar-refractivity contribution in [1.29, 1.82) is 5.26 Å². The number of hydrogen-bond acceptors (Lipinski definition) is 5. The molecular formula is C16H10N4O2. The van der Waals surface area contributed by atoms with E-state index in [1.54, 1.807) is 30.3 Å². The first kappa shape index (κ1) is 13.5. The Morgan fingerprint density at radius 1 is 1.18 bits per heavy atom. The first-order valence-corrected chi connectivity index (χ1v) is 6.48. The zero-order valence-electron chi connectivity index (χ0n) is 11.4. The molecule has 0 fully saturated rings. The molecule has 0 unspecified atom stereocenters. The van der Waals surface area contributed by atoms with Gasteiger partial charge in [0.15, 0.2) is 0 Å². The number of nitriles is 1. The number of nitro groups is 1. The van der Waals surface area contributed by atoms with E-state index in [-0.39, 0.29) is 11.4 Å². The Morgan fingerprint density at radius 3 is 2.77 bits per heavy atom. The molecule has 6 nitrogen and oxygen atoms in total. The normalized spacial score (nSPS) is 10.1. The van der Waals surface area contributed by atoms with Crippen LogP contribution in [0.5, 0.6) is 0 Å². The smallest absolute Gasteiger partial charge is 0.300 e. The number of aromatic nitrogens is 1. The molecule has 3 aromatic rings. The largest absolute Gasteiger partial charge is 0.350 e. The molecule has 3 rings (SSSR count). The molecule has 1 N–H and O–H groups in total. The molecule has 0 aliphatic carbocycles. The fraction of sp³-hybridized carbons (Fsp3) is 0. The summed E-state index contributed by atoms with van der Waals surface area (Å²) < 4.78 is 0. The SMILES string of the molecule is N#Cc1cc(Nc2ccc3ccccc3c2[N+](=O)[O-])ccn1. The Hall–Kier alpha value is -3.46. The molecule has 0 spiro atoms. The molecule has 0 aliphatic heterocycles. The second kappa shape index (κ2) is 5.50. The molecule has 0 aliphatic rings. The van der Waals surface area contributed by atoms with Gasteiger partial charge in [0.1, 0.15) is 17.5 Å². The minimum absolute atomic E-state index is 0.00780. The average Bonchev–Trinajstić information content (AvgIpc) is 2.54. The lowest BCUT2D eigenvalue weighted by molar-refractivity contribution is -0.382. The van der Waals surface area contributed by atoms with Crippen LogP contribution in [-0.2, 0) is 0 Å². The number of benzene rings is 2. The van der Waals surface area contributed by atoms with Gasteiger partial charge < -0.3 is 5.32 Å². The summed E-state index contributed by atoms with van der Waals surface area (Å²) in [4.78, 5) is 14.9. The van der Waals surface area contributed by atoms with Gasteiger partial charge in [0.2, 0.25) is 0 Å². The summed E-state index contributed by atoms with van der Waals surface area (Å²) in [5.74, 6) is 0. The zero-order chi connectivity index (χ0) is 15.5. The van der Waals surface area contributed by atoms with Crippen LogP contribution in [0.15, 0.2) is 54.7 Å². The van der Waals surface area contributed by atoms with Crippen LogP contribution in [0.1, 0.15) is 5.69 Å². The van der Waals surface area contributed by atoms with Crippen molar-refractivity contribution in [2.75, 3.05) is 5.32 Å². The van der Waals surface area contributed by atoms with E-state index in [4.69, 9.17) is 5.26 Å².